The van der Waals surface area contributed by atoms with Gasteiger partial charge in [0, 0.05) is 6.07 Å². The second-order valence-electron chi connectivity index (χ2n) is 4.47. The Labute approximate surface area is 111 Å². The number of nitrogens with zero attached hydrogens (tertiary/aromatic N) is 1. The number of aryl methyl sites for hydroxylation is 1. The fourth-order valence-electron chi connectivity index (χ4n) is 1.72. The number of hydrogen-bond acceptors (Lipinski definition) is 5. The Kier molecular flexibility index (Phi) is 4.01. The molecule has 2 rings (SSSR count). The number of aromatic nitrogens is 1. The van der Waals surface area contributed by atoms with E-state index >= 15 is 0 Å². The van der Waals surface area contributed by atoms with Crippen molar-refractivity contribution in [2.75, 3.05) is 5.75 Å². The average Bonchev–Trinajstić information content (AvgIpc) is 2.81. The third-order valence-corrected chi connectivity index (χ3v) is 4.29. The van der Waals surface area contributed by atoms with Gasteiger partial charge in [0.2, 0.25) is 0 Å². The van der Waals surface area contributed by atoms with E-state index in [4.69, 9.17) is 0 Å². The van der Waals surface area contributed by atoms with Crippen molar-refractivity contribution < 1.29 is 18.0 Å². The molecule has 1 unspecified atom stereocenters. The highest BCUT2D eigenvalue weighted by atomic mass is 32.2. The number of hydrogen-bond donors (Lipinski definition) is 1. The van der Waals surface area contributed by atoms with Crippen molar-refractivity contribution in [1.82, 2.24) is 5.16 Å². The van der Waals surface area contributed by atoms with E-state index in [2.05, 4.69) is 9.68 Å². The maximum absolute atomic E-state index is 11.9. The van der Waals surface area contributed by atoms with Crippen molar-refractivity contribution in [3.05, 3.63) is 53.4 Å². The number of rotatable bonds is 5. The van der Waals surface area contributed by atoms with E-state index in [9.17, 15) is 13.5 Å². The van der Waals surface area contributed by atoms with Gasteiger partial charge in [0.1, 0.15) is 6.26 Å². The summed E-state index contributed by atoms with van der Waals surface area (Å²) in [6.07, 6.45) is 0.291. The molecule has 1 aromatic carbocycles. The van der Waals surface area contributed by atoms with Crippen LogP contribution in [0.3, 0.4) is 0 Å². The standard InChI is InChI=1S/C13H15NO4S/c1-10-2-4-11(5-3-10)13(15)9-19(16,17)8-12-6-7-18-14-12/h2-7,13,15H,8-9H2,1H3. The summed E-state index contributed by atoms with van der Waals surface area (Å²) in [7, 11) is -3.43. The lowest BCUT2D eigenvalue weighted by Gasteiger charge is -2.11. The molecule has 6 heteroatoms. The summed E-state index contributed by atoms with van der Waals surface area (Å²) < 4.78 is 28.4. The molecule has 0 amide bonds. The zero-order valence-electron chi connectivity index (χ0n) is 10.5. The van der Waals surface area contributed by atoms with Crippen LogP contribution in [0, 0.1) is 6.92 Å². The molecule has 5 nitrogen and oxygen atoms in total. The number of aliphatic hydroxyl groups excluding tert-OH is 1. The molecule has 1 heterocycles. The Morgan fingerprint density at radius 3 is 2.53 bits per heavy atom. The first-order valence-corrected chi connectivity index (χ1v) is 7.63. The zero-order valence-corrected chi connectivity index (χ0v) is 11.3. The van der Waals surface area contributed by atoms with Gasteiger partial charge in [-0.2, -0.15) is 0 Å². The maximum Gasteiger partial charge on any atom is 0.159 e. The van der Waals surface area contributed by atoms with Gasteiger partial charge in [-0.1, -0.05) is 35.0 Å². The summed E-state index contributed by atoms with van der Waals surface area (Å²) in [6, 6.07) is 8.62. The Bertz CT molecular complexity index is 617. The van der Waals surface area contributed by atoms with Crippen molar-refractivity contribution in [2.24, 2.45) is 0 Å². The molecule has 0 aliphatic heterocycles. The van der Waals surface area contributed by atoms with Crippen molar-refractivity contribution >= 4 is 9.84 Å². The first kappa shape index (κ1) is 13.8. The predicted octanol–water partition coefficient (Wildman–Crippen LogP) is 1.63. The molecule has 0 aliphatic carbocycles. The van der Waals surface area contributed by atoms with E-state index in [-0.39, 0.29) is 11.5 Å². The Morgan fingerprint density at radius 2 is 1.95 bits per heavy atom. The summed E-state index contributed by atoms with van der Waals surface area (Å²) >= 11 is 0. The first-order valence-electron chi connectivity index (χ1n) is 5.80. The highest BCUT2D eigenvalue weighted by molar-refractivity contribution is 7.90. The third-order valence-electron chi connectivity index (χ3n) is 2.73. The summed E-state index contributed by atoms with van der Waals surface area (Å²) in [5, 5.41) is 13.5. The van der Waals surface area contributed by atoms with Gasteiger partial charge in [0.15, 0.2) is 9.84 Å². The highest BCUT2D eigenvalue weighted by Gasteiger charge is 2.20. The predicted molar refractivity (Wildman–Crippen MR) is 70.1 cm³/mol. The SMILES string of the molecule is Cc1ccc(C(O)CS(=O)(=O)Cc2ccon2)cc1. The van der Waals surface area contributed by atoms with Crippen LogP contribution in [0.2, 0.25) is 0 Å². The van der Waals surface area contributed by atoms with E-state index in [0.717, 1.165) is 5.56 Å². The fraction of sp³-hybridized carbons (Fsp3) is 0.308. The molecule has 0 bridgehead atoms. The van der Waals surface area contributed by atoms with Crippen LogP contribution in [0.15, 0.2) is 41.1 Å². The lowest BCUT2D eigenvalue weighted by Crippen LogP contribution is -2.16. The van der Waals surface area contributed by atoms with E-state index in [1.807, 2.05) is 19.1 Å². The molecule has 1 N–H and O–H groups in total. The van der Waals surface area contributed by atoms with Crippen LogP contribution in [0.25, 0.3) is 0 Å². The second-order valence-corrected chi connectivity index (χ2v) is 6.58. The van der Waals surface area contributed by atoms with Gasteiger partial charge >= 0.3 is 0 Å². The van der Waals surface area contributed by atoms with E-state index in [1.54, 1.807) is 12.1 Å². The number of benzene rings is 1. The Balaban J connectivity index is 2.05. The van der Waals surface area contributed by atoms with Crippen molar-refractivity contribution in [3.8, 4) is 0 Å². The molecule has 1 atom stereocenters. The molecule has 0 fully saturated rings. The average molecular weight is 281 g/mol. The molecule has 2 aromatic rings. The van der Waals surface area contributed by atoms with E-state index in [0.29, 0.717) is 11.3 Å². The van der Waals surface area contributed by atoms with Crippen LogP contribution in [-0.2, 0) is 15.6 Å². The quantitative estimate of drug-likeness (QED) is 0.901. The van der Waals surface area contributed by atoms with Crippen LogP contribution in [0.5, 0.6) is 0 Å². The number of sulfone groups is 1. The lowest BCUT2D eigenvalue weighted by atomic mass is 10.1. The van der Waals surface area contributed by atoms with Gasteiger partial charge in [-0.25, -0.2) is 8.42 Å². The maximum atomic E-state index is 11.9. The Hall–Kier alpha value is -1.66. The summed E-state index contributed by atoms with van der Waals surface area (Å²) in [4.78, 5) is 0. The summed E-state index contributed by atoms with van der Waals surface area (Å²) in [5.74, 6) is -0.560. The van der Waals surface area contributed by atoms with Crippen LogP contribution in [0.1, 0.15) is 22.9 Å². The smallest absolute Gasteiger partial charge is 0.159 e. The third kappa shape index (κ3) is 3.90. The van der Waals surface area contributed by atoms with Gasteiger partial charge in [-0.05, 0) is 12.5 Å². The molecule has 0 saturated carbocycles. The highest BCUT2D eigenvalue weighted by Crippen LogP contribution is 2.17. The van der Waals surface area contributed by atoms with Crippen molar-refractivity contribution in [1.29, 1.82) is 0 Å². The normalized spacial score (nSPS) is 13.4. The molecule has 19 heavy (non-hydrogen) atoms. The molecule has 102 valence electrons. The first-order chi connectivity index (χ1) is 8.96. The van der Waals surface area contributed by atoms with Gasteiger partial charge in [0.05, 0.1) is 23.3 Å². The molecule has 0 radical (unpaired) electrons. The Morgan fingerprint density at radius 1 is 1.26 bits per heavy atom. The molecular formula is C13H15NO4S. The van der Waals surface area contributed by atoms with Crippen molar-refractivity contribution in [3.63, 3.8) is 0 Å². The minimum Gasteiger partial charge on any atom is -0.387 e. The fourth-order valence-corrected chi connectivity index (χ4v) is 3.11. The van der Waals surface area contributed by atoms with Crippen LogP contribution in [-0.4, -0.2) is 24.4 Å². The van der Waals surface area contributed by atoms with E-state index < -0.39 is 15.9 Å². The van der Waals surface area contributed by atoms with Gasteiger partial charge < -0.3 is 9.63 Å². The molecular weight excluding hydrogens is 266 g/mol. The van der Waals surface area contributed by atoms with Crippen LogP contribution < -0.4 is 0 Å². The molecule has 0 spiro atoms. The number of aliphatic hydroxyl groups is 1. The molecule has 0 saturated heterocycles. The summed E-state index contributed by atoms with van der Waals surface area (Å²) in [5.41, 5.74) is 1.99. The lowest BCUT2D eigenvalue weighted by molar-refractivity contribution is 0.201. The second kappa shape index (κ2) is 5.54. The van der Waals surface area contributed by atoms with Gasteiger partial charge in [-0.3, -0.25) is 0 Å². The minimum absolute atomic E-state index is 0.230. The molecule has 1 aromatic heterocycles. The van der Waals surface area contributed by atoms with E-state index in [1.165, 1.54) is 12.3 Å². The minimum atomic E-state index is -3.43. The van der Waals surface area contributed by atoms with Gasteiger partial charge in [0.25, 0.3) is 0 Å². The van der Waals surface area contributed by atoms with Crippen molar-refractivity contribution in [2.45, 2.75) is 18.8 Å². The molecule has 0 aliphatic rings. The zero-order chi connectivity index (χ0) is 13.9. The summed E-state index contributed by atoms with van der Waals surface area (Å²) in [6.45, 7) is 1.93. The monoisotopic (exact) mass is 281 g/mol. The van der Waals surface area contributed by atoms with Crippen LogP contribution >= 0.6 is 0 Å². The van der Waals surface area contributed by atoms with Crippen LogP contribution in [0.4, 0.5) is 0 Å². The topological polar surface area (TPSA) is 80.4 Å². The van der Waals surface area contributed by atoms with Gasteiger partial charge in [-0.15, -0.1) is 0 Å². The largest absolute Gasteiger partial charge is 0.387 e.